The number of nitrogens with zero attached hydrogens (tertiary/aromatic N) is 2. The van der Waals surface area contributed by atoms with Gasteiger partial charge in [0.2, 0.25) is 0 Å². The van der Waals surface area contributed by atoms with Crippen molar-refractivity contribution in [2.24, 2.45) is 0 Å². The molecule has 0 heterocycles. The van der Waals surface area contributed by atoms with E-state index in [2.05, 4.69) is 34.7 Å². The zero-order chi connectivity index (χ0) is 11.7. The number of hydrogen-bond acceptors (Lipinski definition) is 2. The Morgan fingerprint density at radius 3 is 1.93 bits per heavy atom. The molecule has 0 N–H and O–H groups in total. The maximum atomic E-state index is 12.2. The van der Waals surface area contributed by atoms with Crippen molar-refractivity contribution in [3.63, 3.8) is 0 Å². The minimum absolute atomic E-state index is 0.118. The highest BCUT2D eigenvalue weighted by Crippen LogP contribution is 2.00. The van der Waals surface area contributed by atoms with Gasteiger partial charge in [-0.1, -0.05) is 29.8 Å². The molecule has 0 aliphatic carbocycles. The Balaban J connectivity index is 3.82. The topological polar surface area (TPSA) is 6.48 Å². The summed E-state index contributed by atoms with van der Waals surface area (Å²) >= 11 is 3.28. The van der Waals surface area contributed by atoms with Crippen LogP contribution in [0.15, 0.2) is 0 Å². The molecule has 2 nitrogen and oxygen atoms in total. The molecule has 0 spiro atoms. The summed E-state index contributed by atoms with van der Waals surface area (Å²) in [6, 6.07) is 0. The quantitative estimate of drug-likeness (QED) is 0.600. The fourth-order valence-electron chi connectivity index (χ4n) is 1.43. The molecule has 0 saturated heterocycles. The average molecular weight is 287 g/mol. The molecule has 0 aliphatic rings. The summed E-state index contributed by atoms with van der Waals surface area (Å²) in [5.74, 6) is 0. The molecular formula is C10H21BrF2N2. The molecule has 0 aromatic heterocycles. The van der Waals surface area contributed by atoms with E-state index in [1.54, 1.807) is 4.90 Å². The fourth-order valence-corrected chi connectivity index (χ4v) is 1.93. The minimum atomic E-state index is -2.24. The number of likely N-dealkylation sites (N-methyl/N-ethyl adjacent to an activating group) is 1. The Hall–Kier alpha value is 0.260. The molecule has 0 aromatic rings. The summed E-state index contributed by atoms with van der Waals surface area (Å²) in [4.78, 5) is 4.05. The van der Waals surface area contributed by atoms with E-state index in [0.717, 1.165) is 31.5 Å². The van der Waals surface area contributed by atoms with Crippen molar-refractivity contribution in [2.75, 3.05) is 44.6 Å². The summed E-state index contributed by atoms with van der Waals surface area (Å²) in [5.41, 5.74) is 0. The Morgan fingerprint density at radius 1 is 1.00 bits per heavy atom. The van der Waals surface area contributed by atoms with Gasteiger partial charge in [-0.2, -0.15) is 0 Å². The summed E-state index contributed by atoms with van der Waals surface area (Å²) in [5, 5.41) is 0.748. The van der Waals surface area contributed by atoms with Crippen molar-refractivity contribution in [1.29, 1.82) is 0 Å². The van der Waals surface area contributed by atoms with Crippen molar-refractivity contribution in [3.8, 4) is 0 Å². The van der Waals surface area contributed by atoms with Gasteiger partial charge in [-0.25, -0.2) is 8.78 Å². The number of alkyl halides is 3. The average Bonchev–Trinajstić information content (AvgIpc) is 2.18. The van der Waals surface area contributed by atoms with Gasteiger partial charge in [-0.05, 0) is 13.1 Å². The molecule has 0 atom stereocenters. The third-order valence-corrected chi connectivity index (χ3v) is 2.78. The van der Waals surface area contributed by atoms with E-state index in [-0.39, 0.29) is 6.54 Å². The first-order valence-corrected chi connectivity index (χ1v) is 6.54. The van der Waals surface area contributed by atoms with Gasteiger partial charge in [-0.3, -0.25) is 4.90 Å². The first kappa shape index (κ1) is 15.3. The molecule has 0 bridgehead atoms. The van der Waals surface area contributed by atoms with Crippen LogP contribution in [-0.4, -0.2) is 60.8 Å². The van der Waals surface area contributed by atoms with Gasteiger partial charge in [0.1, 0.15) is 0 Å². The first-order chi connectivity index (χ1) is 7.13. The van der Waals surface area contributed by atoms with Gasteiger partial charge < -0.3 is 4.90 Å². The highest BCUT2D eigenvalue weighted by molar-refractivity contribution is 9.09. The van der Waals surface area contributed by atoms with Crippen LogP contribution in [0, 0.1) is 0 Å². The van der Waals surface area contributed by atoms with Crippen molar-refractivity contribution in [3.05, 3.63) is 0 Å². The second-order valence-corrected chi connectivity index (χ2v) is 4.20. The Morgan fingerprint density at radius 2 is 1.53 bits per heavy atom. The minimum Gasteiger partial charge on any atom is -0.303 e. The van der Waals surface area contributed by atoms with Crippen LogP contribution in [0.1, 0.15) is 13.8 Å². The van der Waals surface area contributed by atoms with Crippen LogP contribution in [0.25, 0.3) is 0 Å². The predicted octanol–water partition coefficient (Wildman–Crippen LogP) is 2.29. The van der Waals surface area contributed by atoms with Crippen molar-refractivity contribution < 1.29 is 8.78 Å². The molecular weight excluding hydrogens is 266 g/mol. The molecule has 0 aromatic carbocycles. The molecule has 0 aliphatic heterocycles. The lowest BCUT2D eigenvalue weighted by Crippen LogP contribution is -2.38. The molecule has 0 saturated carbocycles. The molecule has 92 valence electrons. The monoisotopic (exact) mass is 286 g/mol. The zero-order valence-electron chi connectivity index (χ0n) is 9.56. The van der Waals surface area contributed by atoms with Crippen LogP contribution in [-0.2, 0) is 0 Å². The number of rotatable bonds is 9. The van der Waals surface area contributed by atoms with E-state index in [0.29, 0.717) is 6.54 Å². The van der Waals surface area contributed by atoms with Crippen molar-refractivity contribution in [1.82, 2.24) is 9.80 Å². The molecule has 5 heteroatoms. The van der Waals surface area contributed by atoms with E-state index < -0.39 is 6.43 Å². The fraction of sp³-hybridized carbons (Fsp3) is 1.00. The maximum absolute atomic E-state index is 12.2. The highest BCUT2D eigenvalue weighted by atomic mass is 79.9. The molecule has 0 fully saturated rings. The number of halogens is 3. The lowest BCUT2D eigenvalue weighted by Gasteiger charge is -2.25. The van der Waals surface area contributed by atoms with Gasteiger partial charge in [0, 0.05) is 25.0 Å². The van der Waals surface area contributed by atoms with Gasteiger partial charge in [0.05, 0.1) is 6.54 Å². The largest absolute Gasteiger partial charge is 0.303 e. The van der Waals surface area contributed by atoms with Crippen LogP contribution in [0.2, 0.25) is 0 Å². The molecule has 15 heavy (non-hydrogen) atoms. The van der Waals surface area contributed by atoms with E-state index in [4.69, 9.17) is 0 Å². The molecule has 0 radical (unpaired) electrons. The lowest BCUT2D eigenvalue weighted by molar-refractivity contribution is 0.0858. The van der Waals surface area contributed by atoms with Crippen LogP contribution >= 0.6 is 15.9 Å². The normalized spacial score (nSPS) is 12.0. The summed E-state index contributed by atoms with van der Waals surface area (Å²) in [6.45, 7) is 8.29. The van der Waals surface area contributed by atoms with E-state index in [1.807, 2.05) is 0 Å². The van der Waals surface area contributed by atoms with Gasteiger partial charge in [0.15, 0.2) is 0 Å². The second kappa shape index (κ2) is 9.48. The van der Waals surface area contributed by atoms with E-state index in [9.17, 15) is 8.78 Å². The third kappa shape index (κ3) is 8.11. The van der Waals surface area contributed by atoms with E-state index in [1.165, 1.54) is 0 Å². The van der Waals surface area contributed by atoms with Gasteiger partial charge >= 0.3 is 0 Å². The van der Waals surface area contributed by atoms with Crippen LogP contribution in [0.3, 0.4) is 0 Å². The van der Waals surface area contributed by atoms with Crippen LogP contribution in [0.4, 0.5) is 8.78 Å². The molecule has 0 unspecified atom stereocenters. The Bertz CT molecular complexity index is 143. The van der Waals surface area contributed by atoms with Crippen molar-refractivity contribution >= 4 is 15.9 Å². The van der Waals surface area contributed by atoms with Crippen LogP contribution in [0.5, 0.6) is 0 Å². The maximum Gasteiger partial charge on any atom is 0.251 e. The standard InChI is InChI=1S/C10H21BrF2N2/c1-3-14(4-2)7-8-15(6-5-11)9-10(12)13/h10H,3-9H2,1-2H3. The van der Waals surface area contributed by atoms with E-state index >= 15 is 0 Å². The Kier molecular flexibility index (Phi) is 9.65. The zero-order valence-corrected chi connectivity index (χ0v) is 11.1. The smallest absolute Gasteiger partial charge is 0.251 e. The predicted molar refractivity (Wildman–Crippen MR) is 64.0 cm³/mol. The number of hydrogen-bond donors (Lipinski definition) is 0. The SMILES string of the molecule is CCN(CC)CCN(CCBr)CC(F)F. The molecule has 0 rings (SSSR count). The second-order valence-electron chi connectivity index (χ2n) is 3.41. The summed E-state index contributed by atoms with van der Waals surface area (Å²) in [6.07, 6.45) is -2.24. The van der Waals surface area contributed by atoms with Gasteiger partial charge in [0.25, 0.3) is 6.43 Å². The molecule has 0 amide bonds. The van der Waals surface area contributed by atoms with Crippen molar-refractivity contribution in [2.45, 2.75) is 20.3 Å². The summed E-state index contributed by atoms with van der Waals surface area (Å²) < 4.78 is 24.5. The van der Waals surface area contributed by atoms with Crippen LogP contribution < -0.4 is 0 Å². The highest BCUT2D eigenvalue weighted by Gasteiger charge is 2.12. The van der Waals surface area contributed by atoms with Gasteiger partial charge in [-0.15, -0.1) is 0 Å². The first-order valence-electron chi connectivity index (χ1n) is 5.42. The lowest BCUT2D eigenvalue weighted by atomic mass is 10.4. The third-order valence-electron chi connectivity index (χ3n) is 2.42. The Labute approximate surface area is 99.7 Å². The summed E-state index contributed by atoms with van der Waals surface area (Å²) in [7, 11) is 0.